The number of likely N-dealkylation sites (N-methyl/N-ethyl adjacent to an activating group) is 1. The highest BCUT2D eigenvalue weighted by Crippen LogP contribution is 2.38. The van der Waals surface area contributed by atoms with E-state index in [0.717, 1.165) is 11.1 Å². The Labute approximate surface area is 227 Å². The minimum absolute atomic E-state index is 0.0217. The van der Waals surface area contributed by atoms with E-state index >= 15 is 0 Å². The van der Waals surface area contributed by atoms with Crippen LogP contribution in [0.4, 0.5) is 27.6 Å². The fourth-order valence-corrected chi connectivity index (χ4v) is 4.44. The lowest BCUT2D eigenvalue weighted by Gasteiger charge is -2.37. The van der Waals surface area contributed by atoms with Gasteiger partial charge < -0.3 is 24.8 Å². The van der Waals surface area contributed by atoms with Crippen LogP contribution < -0.4 is 5.32 Å². The first-order valence-corrected chi connectivity index (χ1v) is 12.4. The van der Waals surface area contributed by atoms with E-state index in [1.165, 1.54) is 18.2 Å². The van der Waals surface area contributed by atoms with Gasteiger partial charge in [0.1, 0.15) is 5.56 Å². The molecule has 0 unspecified atom stereocenters. The van der Waals surface area contributed by atoms with Gasteiger partial charge in [-0.2, -0.15) is 0 Å². The van der Waals surface area contributed by atoms with Crippen molar-refractivity contribution in [1.29, 1.82) is 0 Å². The molecular formula is C29H27F5N2O4. The van der Waals surface area contributed by atoms with Crippen LogP contribution >= 0.6 is 0 Å². The summed E-state index contributed by atoms with van der Waals surface area (Å²) in [4.78, 5) is 14.6. The number of nitrogens with one attached hydrogen (secondary N) is 1. The summed E-state index contributed by atoms with van der Waals surface area (Å²) in [7, 11) is 1.91. The lowest BCUT2D eigenvalue weighted by molar-refractivity contribution is -0.252. The number of hydrogen-bond donors (Lipinski definition) is 2. The number of anilines is 1. The Hall–Kier alpha value is -3.64. The van der Waals surface area contributed by atoms with Gasteiger partial charge in [0.15, 0.2) is 29.6 Å². The quantitative estimate of drug-likeness (QED) is 0.150. The topological polar surface area (TPSA) is 71.0 Å². The largest absolute Gasteiger partial charge is 0.392 e. The zero-order chi connectivity index (χ0) is 29.0. The molecule has 11 heteroatoms. The summed E-state index contributed by atoms with van der Waals surface area (Å²) in [6.07, 6.45) is 0.702. The molecule has 1 fully saturated rings. The maximum Gasteiger partial charge on any atom is 0.261 e. The average molecular weight is 563 g/mol. The number of aliphatic hydroxyl groups is 1. The van der Waals surface area contributed by atoms with Crippen LogP contribution in [0.3, 0.4) is 0 Å². The molecule has 2 N–H and O–H groups in total. The fraction of sp³-hybridized carbons (Fsp3) is 0.276. The molecule has 0 aromatic heterocycles. The monoisotopic (exact) mass is 562 g/mol. The second kappa shape index (κ2) is 12.7. The first-order chi connectivity index (χ1) is 19.1. The molecule has 4 rings (SSSR count). The van der Waals surface area contributed by atoms with E-state index in [1.807, 2.05) is 24.1 Å². The number of nitrogens with zero attached hydrogens (tertiary/aromatic N) is 1. The summed E-state index contributed by atoms with van der Waals surface area (Å²) >= 11 is 0. The molecule has 0 bridgehead atoms. The number of halogens is 5. The molecule has 1 aliphatic rings. The molecule has 0 aliphatic carbocycles. The molecule has 1 aliphatic heterocycles. The summed E-state index contributed by atoms with van der Waals surface area (Å²) in [5.74, 6) is -12.8. The lowest BCUT2D eigenvalue weighted by Crippen LogP contribution is -2.37. The predicted molar refractivity (Wildman–Crippen MR) is 137 cm³/mol. The smallest absolute Gasteiger partial charge is 0.261 e. The molecule has 6 nitrogen and oxygen atoms in total. The van der Waals surface area contributed by atoms with Crippen LogP contribution in [-0.2, 0) is 16.1 Å². The molecule has 1 amide bonds. The van der Waals surface area contributed by atoms with Crippen molar-refractivity contribution in [2.75, 3.05) is 25.5 Å². The van der Waals surface area contributed by atoms with E-state index < -0.39 is 46.8 Å². The Balaban J connectivity index is 1.59. The molecule has 1 heterocycles. The molecule has 0 saturated carbocycles. The number of amides is 1. The molecular weight excluding hydrogens is 535 g/mol. The second-order valence-electron chi connectivity index (χ2n) is 9.38. The maximum atomic E-state index is 14.1. The van der Waals surface area contributed by atoms with Gasteiger partial charge in [-0.05, 0) is 30.3 Å². The zero-order valence-electron chi connectivity index (χ0n) is 21.5. The Kier molecular flexibility index (Phi) is 9.31. The highest BCUT2D eigenvalue weighted by atomic mass is 19.2. The normalized spacial score (nSPS) is 19.1. The van der Waals surface area contributed by atoms with Gasteiger partial charge in [-0.15, -0.1) is 6.58 Å². The molecule has 3 aromatic carbocycles. The summed E-state index contributed by atoms with van der Waals surface area (Å²) in [5, 5.41) is 11.5. The Morgan fingerprint density at radius 2 is 1.65 bits per heavy atom. The second-order valence-corrected chi connectivity index (χ2v) is 9.38. The van der Waals surface area contributed by atoms with Crippen molar-refractivity contribution in [3.63, 3.8) is 0 Å². The van der Waals surface area contributed by atoms with Crippen molar-refractivity contribution in [3.8, 4) is 0 Å². The number of aliphatic hydroxyl groups excluding tert-OH is 1. The van der Waals surface area contributed by atoms with E-state index in [1.54, 1.807) is 24.3 Å². The van der Waals surface area contributed by atoms with Gasteiger partial charge in [0.25, 0.3) is 5.91 Å². The molecule has 3 atom stereocenters. The fourth-order valence-electron chi connectivity index (χ4n) is 4.44. The van der Waals surface area contributed by atoms with Crippen molar-refractivity contribution in [3.05, 3.63) is 113 Å². The van der Waals surface area contributed by atoms with E-state index in [2.05, 4.69) is 11.9 Å². The number of carbonyl (C=O) groups excluding carboxylic acids is 1. The predicted octanol–water partition coefficient (Wildman–Crippen LogP) is 5.79. The molecule has 1 saturated heterocycles. The average Bonchev–Trinajstić information content (AvgIpc) is 2.95. The van der Waals surface area contributed by atoms with Gasteiger partial charge in [0.2, 0.25) is 5.82 Å². The van der Waals surface area contributed by atoms with Gasteiger partial charge in [-0.3, -0.25) is 4.79 Å². The van der Waals surface area contributed by atoms with Crippen LogP contribution in [0.5, 0.6) is 0 Å². The van der Waals surface area contributed by atoms with Crippen LogP contribution in [0.15, 0.2) is 61.2 Å². The minimum atomic E-state index is -2.35. The lowest BCUT2D eigenvalue weighted by atomic mass is 9.99. The summed E-state index contributed by atoms with van der Waals surface area (Å²) in [5.41, 5.74) is 0.477. The molecule has 40 heavy (non-hydrogen) atoms. The van der Waals surface area contributed by atoms with Crippen molar-refractivity contribution in [2.24, 2.45) is 0 Å². The van der Waals surface area contributed by atoms with Crippen molar-refractivity contribution in [1.82, 2.24) is 4.90 Å². The van der Waals surface area contributed by atoms with Crippen LogP contribution in [0, 0.1) is 29.1 Å². The number of ether oxygens (including phenoxy) is 2. The van der Waals surface area contributed by atoms with E-state index in [-0.39, 0.29) is 24.5 Å². The van der Waals surface area contributed by atoms with Gasteiger partial charge >= 0.3 is 0 Å². The molecule has 0 radical (unpaired) electrons. The van der Waals surface area contributed by atoms with E-state index in [4.69, 9.17) is 9.47 Å². The third-order valence-corrected chi connectivity index (χ3v) is 6.42. The SMILES string of the molecule is C=CCN(C)C[C@@H]1C[C@H](c2ccc(CO)cc2)O[C@H](c2cccc(NC(=O)c3c(F)c(F)c(F)c(F)c3F)c2)O1. The molecule has 3 aromatic rings. The first-order valence-electron chi connectivity index (χ1n) is 12.4. The van der Waals surface area contributed by atoms with Crippen LogP contribution in [0.1, 0.15) is 45.9 Å². The Bertz CT molecular complexity index is 1360. The van der Waals surface area contributed by atoms with Crippen LogP contribution in [0.2, 0.25) is 0 Å². The Morgan fingerprint density at radius 3 is 2.27 bits per heavy atom. The summed E-state index contributed by atoms with van der Waals surface area (Å²) in [6.45, 7) is 4.82. The first kappa shape index (κ1) is 29.3. The van der Waals surface area contributed by atoms with Crippen molar-refractivity contribution in [2.45, 2.75) is 31.5 Å². The summed E-state index contributed by atoms with van der Waals surface area (Å²) < 4.78 is 81.3. The third kappa shape index (κ3) is 6.39. The maximum absolute atomic E-state index is 14.1. The van der Waals surface area contributed by atoms with E-state index in [9.17, 15) is 31.9 Å². The van der Waals surface area contributed by atoms with Crippen molar-refractivity contribution >= 4 is 11.6 Å². The number of benzene rings is 3. The Morgan fingerprint density at radius 1 is 1.00 bits per heavy atom. The van der Waals surface area contributed by atoms with Gasteiger partial charge in [0, 0.05) is 30.8 Å². The zero-order valence-corrected chi connectivity index (χ0v) is 21.5. The highest BCUT2D eigenvalue weighted by molar-refractivity contribution is 6.04. The minimum Gasteiger partial charge on any atom is -0.392 e. The van der Waals surface area contributed by atoms with Gasteiger partial charge in [0.05, 0.1) is 18.8 Å². The molecule has 212 valence electrons. The third-order valence-electron chi connectivity index (χ3n) is 6.42. The highest BCUT2D eigenvalue weighted by Gasteiger charge is 2.33. The van der Waals surface area contributed by atoms with Crippen LogP contribution in [-0.4, -0.2) is 42.2 Å². The van der Waals surface area contributed by atoms with E-state index in [0.29, 0.717) is 25.1 Å². The van der Waals surface area contributed by atoms with Gasteiger partial charge in [-0.25, -0.2) is 22.0 Å². The summed E-state index contributed by atoms with van der Waals surface area (Å²) in [6, 6.07) is 13.3. The number of carbonyl (C=O) groups is 1. The van der Waals surface area contributed by atoms with Crippen molar-refractivity contribution < 1.29 is 41.3 Å². The van der Waals surface area contributed by atoms with Gasteiger partial charge in [-0.1, -0.05) is 42.5 Å². The standard InChI is InChI=1S/C29H27F5N2O4/c1-3-11-36(2)14-20-13-21(17-9-7-16(15-37)8-10-17)40-29(39-20)18-5-4-6-19(12-18)35-28(38)22-23(30)25(32)27(34)26(33)24(22)31/h3-10,12,20-21,29,37H,1,11,13-15H2,2H3,(H,35,38)/t20-,21+,29+/m0/s1. The number of hydrogen-bond acceptors (Lipinski definition) is 5. The number of rotatable bonds is 9. The molecule has 0 spiro atoms. The van der Waals surface area contributed by atoms with Crippen LogP contribution in [0.25, 0.3) is 0 Å².